The molecule has 0 saturated carbocycles. The molecule has 5 heteroatoms. The Labute approximate surface area is 157 Å². The van der Waals surface area contributed by atoms with Crippen molar-refractivity contribution in [3.63, 3.8) is 0 Å². The summed E-state index contributed by atoms with van der Waals surface area (Å²) in [6, 6.07) is 13.4. The van der Waals surface area contributed by atoms with Crippen LogP contribution in [-0.2, 0) is 0 Å². The number of carboxylic acid groups (broad SMARTS) is 1. The first-order valence-corrected chi connectivity index (χ1v) is 9.00. The summed E-state index contributed by atoms with van der Waals surface area (Å²) in [6.45, 7) is 2.03. The van der Waals surface area contributed by atoms with Crippen LogP contribution in [0.3, 0.4) is 0 Å². The van der Waals surface area contributed by atoms with Gasteiger partial charge in [0, 0.05) is 11.6 Å². The molecule has 2 N–H and O–H groups in total. The van der Waals surface area contributed by atoms with Crippen molar-refractivity contribution >= 4 is 11.7 Å². The summed E-state index contributed by atoms with van der Waals surface area (Å²) < 4.78 is 5.34. The largest absolute Gasteiger partial charge is 0.479 e. The number of carbonyl (C=O) groups is 1. The van der Waals surface area contributed by atoms with Gasteiger partial charge in [0.05, 0.1) is 11.6 Å². The zero-order chi connectivity index (χ0) is 19.0. The summed E-state index contributed by atoms with van der Waals surface area (Å²) in [5.74, 6) is 0.140. The van der Waals surface area contributed by atoms with E-state index in [0.717, 1.165) is 28.8 Å². The van der Waals surface area contributed by atoms with Crippen LogP contribution in [-0.4, -0.2) is 17.7 Å². The molecular formula is C22H20N2O3. The first kappa shape index (κ1) is 17.2. The average Bonchev–Trinajstić information content (AvgIpc) is 3.16. The topological polar surface area (TPSA) is 82.3 Å². The Kier molecular flexibility index (Phi) is 4.33. The summed E-state index contributed by atoms with van der Waals surface area (Å²) >= 11 is 0. The predicted molar refractivity (Wildman–Crippen MR) is 102 cm³/mol. The monoisotopic (exact) mass is 360 g/mol. The molecule has 1 aliphatic heterocycles. The fourth-order valence-corrected chi connectivity index (χ4v) is 4.26. The zero-order valence-electron chi connectivity index (χ0n) is 15.0. The van der Waals surface area contributed by atoms with Crippen molar-refractivity contribution in [3.05, 3.63) is 70.8 Å². The normalized spacial score (nSPS) is 22.3. The molecule has 0 spiro atoms. The number of nitrogens with one attached hydrogen (secondary N) is 1. The SMILES string of the molecule is Cc1ccc(C(=O)O)c2c1N[C@H](c1ccc(OCC#N)cc1)[C@@H]1CC=C[C@H]21. The quantitative estimate of drug-likeness (QED) is 0.789. The molecule has 5 nitrogen and oxygen atoms in total. The van der Waals surface area contributed by atoms with Gasteiger partial charge in [-0.3, -0.25) is 0 Å². The second-order valence-electron chi connectivity index (χ2n) is 7.02. The Morgan fingerprint density at radius 1 is 1.30 bits per heavy atom. The number of allylic oxidation sites excluding steroid dienone is 2. The van der Waals surface area contributed by atoms with E-state index in [1.807, 2.05) is 43.3 Å². The highest BCUT2D eigenvalue weighted by atomic mass is 16.5. The van der Waals surface area contributed by atoms with Crippen LogP contribution in [0.25, 0.3) is 0 Å². The van der Waals surface area contributed by atoms with Gasteiger partial charge in [0.15, 0.2) is 6.61 Å². The number of ether oxygens (including phenoxy) is 1. The van der Waals surface area contributed by atoms with Gasteiger partial charge in [0.1, 0.15) is 11.8 Å². The highest BCUT2D eigenvalue weighted by Gasteiger charge is 2.40. The minimum absolute atomic E-state index is 0.0280. The Balaban J connectivity index is 1.73. The van der Waals surface area contributed by atoms with Crippen LogP contribution in [0.2, 0.25) is 0 Å². The molecule has 0 radical (unpaired) electrons. The molecule has 27 heavy (non-hydrogen) atoms. The molecule has 0 saturated heterocycles. The molecule has 0 unspecified atom stereocenters. The van der Waals surface area contributed by atoms with Crippen LogP contribution in [0.4, 0.5) is 5.69 Å². The number of aryl methyl sites for hydroxylation is 1. The maximum Gasteiger partial charge on any atom is 0.336 e. The van der Waals surface area contributed by atoms with Gasteiger partial charge in [-0.2, -0.15) is 5.26 Å². The van der Waals surface area contributed by atoms with Crippen LogP contribution in [0, 0.1) is 24.2 Å². The first-order chi connectivity index (χ1) is 13.1. The summed E-state index contributed by atoms with van der Waals surface area (Å²) in [4.78, 5) is 11.8. The van der Waals surface area contributed by atoms with Crippen molar-refractivity contribution < 1.29 is 14.6 Å². The minimum Gasteiger partial charge on any atom is -0.479 e. The van der Waals surface area contributed by atoms with Crippen molar-refractivity contribution in [2.24, 2.45) is 5.92 Å². The molecule has 4 rings (SSSR count). The fourth-order valence-electron chi connectivity index (χ4n) is 4.26. The lowest BCUT2D eigenvalue weighted by atomic mass is 9.75. The molecule has 1 aliphatic carbocycles. The molecule has 0 amide bonds. The van der Waals surface area contributed by atoms with Crippen LogP contribution in [0.15, 0.2) is 48.6 Å². The van der Waals surface area contributed by atoms with E-state index >= 15 is 0 Å². The maximum absolute atomic E-state index is 11.8. The van der Waals surface area contributed by atoms with Crippen LogP contribution in [0.5, 0.6) is 5.75 Å². The van der Waals surface area contributed by atoms with E-state index in [1.165, 1.54) is 0 Å². The van der Waals surface area contributed by atoms with Crippen molar-refractivity contribution in [1.82, 2.24) is 0 Å². The smallest absolute Gasteiger partial charge is 0.336 e. The second kappa shape index (κ2) is 6.81. The molecule has 136 valence electrons. The number of nitriles is 1. The molecule has 0 fully saturated rings. The number of hydrogen-bond acceptors (Lipinski definition) is 4. The molecule has 1 heterocycles. The van der Waals surface area contributed by atoms with Gasteiger partial charge in [-0.1, -0.05) is 30.4 Å². The number of carboxylic acids is 1. The predicted octanol–water partition coefficient (Wildman–Crippen LogP) is 4.42. The van der Waals surface area contributed by atoms with Gasteiger partial charge in [-0.05, 0) is 54.2 Å². The zero-order valence-corrected chi connectivity index (χ0v) is 15.0. The van der Waals surface area contributed by atoms with E-state index in [0.29, 0.717) is 11.3 Å². The Bertz CT molecular complexity index is 957. The molecule has 2 aromatic carbocycles. The molecular weight excluding hydrogens is 340 g/mol. The third kappa shape index (κ3) is 2.93. The Morgan fingerprint density at radius 2 is 2.07 bits per heavy atom. The highest BCUT2D eigenvalue weighted by molar-refractivity contribution is 5.93. The summed E-state index contributed by atoms with van der Waals surface area (Å²) in [5, 5.41) is 21.9. The Hall–Kier alpha value is -3.26. The number of aromatic carboxylic acids is 1. The van der Waals surface area contributed by atoms with Crippen LogP contribution in [0.1, 0.15) is 45.4 Å². The van der Waals surface area contributed by atoms with E-state index in [1.54, 1.807) is 6.07 Å². The van der Waals surface area contributed by atoms with Gasteiger partial charge < -0.3 is 15.2 Å². The lowest BCUT2D eigenvalue weighted by Gasteiger charge is -2.39. The standard InChI is InChI=1S/C22H20N2O3/c1-13-5-10-18(22(25)26)19-16-3-2-4-17(16)21(24-20(13)19)14-6-8-15(9-7-14)27-12-11-23/h2-3,5-10,16-17,21,24H,4,12H2,1H3,(H,25,26)/t16-,17+,21+/m0/s1. The number of anilines is 1. The number of rotatable bonds is 4. The lowest BCUT2D eigenvalue weighted by Crippen LogP contribution is -2.31. The molecule has 2 aromatic rings. The Morgan fingerprint density at radius 3 is 2.78 bits per heavy atom. The van der Waals surface area contributed by atoms with Gasteiger partial charge in [0.2, 0.25) is 0 Å². The van der Waals surface area contributed by atoms with E-state index in [4.69, 9.17) is 10.00 Å². The van der Waals surface area contributed by atoms with Crippen LogP contribution >= 0.6 is 0 Å². The third-order valence-corrected chi connectivity index (χ3v) is 5.50. The van der Waals surface area contributed by atoms with Crippen molar-refractivity contribution in [2.45, 2.75) is 25.3 Å². The van der Waals surface area contributed by atoms with Gasteiger partial charge in [0.25, 0.3) is 0 Å². The lowest BCUT2D eigenvalue weighted by molar-refractivity contribution is 0.0695. The fraction of sp³-hybridized carbons (Fsp3) is 0.273. The van der Waals surface area contributed by atoms with E-state index in [2.05, 4.69) is 17.5 Å². The average molecular weight is 360 g/mol. The molecule has 0 aromatic heterocycles. The third-order valence-electron chi connectivity index (χ3n) is 5.50. The van der Waals surface area contributed by atoms with Gasteiger partial charge >= 0.3 is 5.97 Å². The highest BCUT2D eigenvalue weighted by Crippen LogP contribution is 2.51. The number of fused-ring (bicyclic) bond motifs is 3. The maximum atomic E-state index is 11.8. The van der Waals surface area contributed by atoms with Gasteiger partial charge in [-0.25, -0.2) is 4.79 Å². The molecule has 3 atom stereocenters. The number of benzene rings is 2. The van der Waals surface area contributed by atoms with Crippen molar-refractivity contribution in [2.75, 3.05) is 11.9 Å². The summed E-state index contributed by atoms with van der Waals surface area (Å²) in [6.07, 6.45) is 5.20. The minimum atomic E-state index is -0.885. The van der Waals surface area contributed by atoms with E-state index in [-0.39, 0.29) is 24.5 Å². The first-order valence-electron chi connectivity index (χ1n) is 9.00. The number of nitrogens with zero attached hydrogens (tertiary/aromatic N) is 1. The van der Waals surface area contributed by atoms with E-state index < -0.39 is 5.97 Å². The molecule has 2 aliphatic rings. The van der Waals surface area contributed by atoms with Gasteiger partial charge in [-0.15, -0.1) is 0 Å². The van der Waals surface area contributed by atoms with Crippen LogP contribution < -0.4 is 10.1 Å². The van der Waals surface area contributed by atoms with E-state index in [9.17, 15) is 9.90 Å². The summed E-state index contributed by atoms with van der Waals surface area (Å²) in [5.41, 5.74) is 4.38. The number of hydrogen-bond donors (Lipinski definition) is 2. The van der Waals surface area contributed by atoms with Crippen molar-refractivity contribution in [3.8, 4) is 11.8 Å². The summed E-state index contributed by atoms with van der Waals surface area (Å²) in [7, 11) is 0. The van der Waals surface area contributed by atoms with Crippen molar-refractivity contribution in [1.29, 1.82) is 5.26 Å². The second-order valence-corrected chi connectivity index (χ2v) is 7.02. The molecule has 0 bridgehead atoms.